The molecule has 0 amide bonds. The summed E-state index contributed by atoms with van der Waals surface area (Å²) in [5, 5.41) is 5.91. The Labute approximate surface area is 108 Å². The summed E-state index contributed by atoms with van der Waals surface area (Å²) in [6.45, 7) is 0.431. The average Bonchev–Trinajstić information content (AvgIpc) is 2.61. The second-order valence-corrected chi connectivity index (χ2v) is 4.40. The van der Waals surface area contributed by atoms with Gasteiger partial charge in [0.1, 0.15) is 5.82 Å². The van der Waals surface area contributed by atoms with Gasteiger partial charge in [-0.25, -0.2) is 4.39 Å². The molecule has 1 heterocycles. The van der Waals surface area contributed by atoms with Crippen molar-refractivity contribution in [2.24, 2.45) is 7.05 Å². The number of aryl methyl sites for hydroxylation is 1. The molecule has 0 fully saturated rings. The minimum Gasteiger partial charge on any atom is -0.315 e. The van der Waals surface area contributed by atoms with E-state index in [-0.39, 0.29) is 10.6 Å². The molecule has 0 atom stereocenters. The fourth-order valence-corrected chi connectivity index (χ4v) is 2.01. The number of aromatic amines is 1. The maximum Gasteiger partial charge on any atom is 0.271 e. The molecule has 0 radical (unpaired) electrons. The van der Waals surface area contributed by atoms with E-state index >= 15 is 0 Å². The summed E-state index contributed by atoms with van der Waals surface area (Å²) >= 11 is 5.75. The first-order valence-corrected chi connectivity index (χ1v) is 5.80. The van der Waals surface area contributed by atoms with Gasteiger partial charge in [-0.1, -0.05) is 11.6 Å². The van der Waals surface area contributed by atoms with Gasteiger partial charge in [0.25, 0.3) is 5.56 Å². The van der Waals surface area contributed by atoms with Crippen molar-refractivity contribution >= 4 is 11.6 Å². The molecule has 1 aromatic carbocycles. The zero-order valence-corrected chi connectivity index (χ0v) is 10.8. The van der Waals surface area contributed by atoms with Gasteiger partial charge in [0.2, 0.25) is 0 Å². The van der Waals surface area contributed by atoms with E-state index in [1.165, 1.54) is 16.8 Å². The SMILES string of the molecule is CNCc1c(-c2ccc(F)c(Cl)c2)[nH]n(C)c1=O. The molecule has 0 aliphatic carbocycles. The standard InChI is InChI=1S/C12H13ClFN3O/c1-15-6-8-11(16-17(2)12(8)18)7-3-4-10(14)9(13)5-7/h3-5,15-16H,6H2,1-2H3. The molecule has 2 N–H and O–H groups in total. The van der Waals surface area contributed by atoms with Crippen LogP contribution in [0.3, 0.4) is 0 Å². The first-order valence-electron chi connectivity index (χ1n) is 5.42. The van der Waals surface area contributed by atoms with E-state index in [0.717, 1.165) is 0 Å². The van der Waals surface area contributed by atoms with Crippen molar-refractivity contribution in [3.8, 4) is 11.3 Å². The molecule has 6 heteroatoms. The second-order valence-electron chi connectivity index (χ2n) is 3.99. The lowest BCUT2D eigenvalue weighted by Gasteiger charge is -2.03. The third-order valence-electron chi connectivity index (χ3n) is 2.71. The monoisotopic (exact) mass is 269 g/mol. The molecule has 0 saturated carbocycles. The molecule has 2 rings (SSSR count). The zero-order valence-electron chi connectivity index (χ0n) is 10.1. The number of halogens is 2. The van der Waals surface area contributed by atoms with E-state index in [1.54, 1.807) is 20.2 Å². The summed E-state index contributed by atoms with van der Waals surface area (Å²) in [7, 11) is 3.39. The van der Waals surface area contributed by atoms with E-state index < -0.39 is 5.82 Å². The normalized spacial score (nSPS) is 10.9. The average molecular weight is 270 g/mol. The van der Waals surface area contributed by atoms with E-state index in [2.05, 4.69) is 10.4 Å². The van der Waals surface area contributed by atoms with Crippen LogP contribution in [0.4, 0.5) is 4.39 Å². The molecule has 0 aliphatic rings. The van der Waals surface area contributed by atoms with Crippen LogP contribution in [0, 0.1) is 5.82 Å². The van der Waals surface area contributed by atoms with Crippen LogP contribution in [0.2, 0.25) is 5.02 Å². The van der Waals surface area contributed by atoms with Gasteiger partial charge in [0, 0.05) is 19.2 Å². The van der Waals surface area contributed by atoms with Crippen molar-refractivity contribution in [3.05, 3.63) is 45.0 Å². The number of nitrogens with zero attached hydrogens (tertiary/aromatic N) is 1. The Morgan fingerprint density at radius 3 is 2.83 bits per heavy atom. The van der Waals surface area contributed by atoms with Crippen molar-refractivity contribution < 1.29 is 4.39 Å². The quantitative estimate of drug-likeness (QED) is 0.894. The summed E-state index contributed by atoms with van der Waals surface area (Å²) in [4.78, 5) is 11.9. The van der Waals surface area contributed by atoms with Gasteiger partial charge < -0.3 is 5.32 Å². The summed E-state index contributed by atoms with van der Waals surface area (Å²) in [6.07, 6.45) is 0. The van der Waals surface area contributed by atoms with Crippen LogP contribution in [0.15, 0.2) is 23.0 Å². The molecule has 0 unspecified atom stereocenters. The number of hydrogen-bond donors (Lipinski definition) is 2. The van der Waals surface area contributed by atoms with Gasteiger partial charge >= 0.3 is 0 Å². The van der Waals surface area contributed by atoms with E-state index in [9.17, 15) is 9.18 Å². The lowest BCUT2D eigenvalue weighted by molar-refractivity contribution is 0.628. The number of benzene rings is 1. The fraction of sp³-hybridized carbons (Fsp3) is 0.250. The number of aromatic nitrogens is 2. The topological polar surface area (TPSA) is 49.8 Å². The van der Waals surface area contributed by atoms with Crippen molar-refractivity contribution in [2.75, 3.05) is 7.05 Å². The Morgan fingerprint density at radius 2 is 2.22 bits per heavy atom. The Kier molecular flexibility index (Phi) is 3.54. The Balaban J connectivity index is 2.59. The van der Waals surface area contributed by atoms with Gasteiger partial charge in [-0.3, -0.25) is 14.6 Å². The number of nitrogens with one attached hydrogen (secondary N) is 2. The van der Waals surface area contributed by atoms with Gasteiger partial charge in [0.15, 0.2) is 0 Å². The molecule has 0 bridgehead atoms. The summed E-state index contributed by atoms with van der Waals surface area (Å²) in [6, 6.07) is 4.37. The summed E-state index contributed by atoms with van der Waals surface area (Å²) in [5.74, 6) is -0.478. The molecule has 4 nitrogen and oxygen atoms in total. The van der Waals surface area contributed by atoms with E-state index in [0.29, 0.717) is 23.4 Å². The lowest BCUT2D eigenvalue weighted by atomic mass is 10.1. The van der Waals surface area contributed by atoms with Crippen molar-refractivity contribution in [3.63, 3.8) is 0 Å². The van der Waals surface area contributed by atoms with Crippen LogP contribution >= 0.6 is 11.6 Å². The maximum absolute atomic E-state index is 13.1. The maximum atomic E-state index is 13.1. The molecular formula is C12H13ClFN3O. The van der Waals surface area contributed by atoms with Crippen molar-refractivity contribution in [2.45, 2.75) is 6.54 Å². The predicted molar refractivity (Wildman–Crippen MR) is 69.2 cm³/mol. The summed E-state index contributed by atoms with van der Waals surface area (Å²) < 4.78 is 14.5. The van der Waals surface area contributed by atoms with Crippen LogP contribution < -0.4 is 10.9 Å². The zero-order chi connectivity index (χ0) is 13.3. The Bertz CT molecular complexity index is 633. The highest BCUT2D eigenvalue weighted by atomic mass is 35.5. The molecular weight excluding hydrogens is 257 g/mol. The van der Waals surface area contributed by atoms with Crippen LogP contribution in [0.5, 0.6) is 0 Å². The number of hydrogen-bond acceptors (Lipinski definition) is 2. The highest BCUT2D eigenvalue weighted by Crippen LogP contribution is 2.24. The van der Waals surface area contributed by atoms with Gasteiger partial charge in [-0.15, -0.1) is 0 Å². The fourth-order valence-electron chi connectivity index (χ4n) is 1.83. The van der Waals surface area contributed by atoms with Crippen LogP contribution in [-0.4, -0.2) is 16.8 Å². The van der Waals surface area contributed by atoms with E-state index in [1.807, 2.05) is 0 Å². The Hall–Kier alpha value is -1.59. The first-order chi connectivity index (χ1) is 8.54. The van der Waals surface area contributed by atoms with Gasteiger partial charge in [-0.05, 0) is 25.2 Å². The van der Waals surface area contributed by atoms with Crippen LogP contribution in [0.1, 0.15) is 5.56 Å². The molecule has 96 valence electrons. The smallest absolute Gasteiger partial charge is 0.271 e. The molecule has 1 aromatic heterocycles. The number of rotatable bonds is 3. The predicted octanol–water partition coefficient (Wildman–Crippen LogP) is 1.89. The minimum atomic E-state index is -0.478. The third kappa shape index (κ3) is 2.19. The minimum absolute atomic E-state index is 0.0348. The second kappa shape index (κ2) is 4.96. The largest absolute Gasteiger partial charge is 0.315 e. The highest BCUT2D eigenvalue weighted by Gasteiger charge is 2.14. The molecule has 0 saturated heterocycles. The molecule has 0 aliphatic heterocycles. The highest BCUT2D eigenvalue weighted by molar-refractivity contribution is 6.31. The van der Waals surface area contributed by atoms with Gasteiger partial charge in [0.05, 0.1) is 16.3 Å². The first kappa shape index (κ1) is 12.9. The molecule has 0 spiro atoms. The molecule has 2 aromatic rings. The van der Waals surface area contributed by atoms with E-state index in [4.69, 9.17) is 11.6 Å². The van der Waals surface area contributed by atoms with Gasteiger partial charge in [-0.2, -0.15) is 0 Å². The molecule has 18 heavy (non-hydrogen) atoms. The van der Waals surface area contributed by atoms with Crippen LogP contribution in [0.25, 0.3) is 11.3 Å². The third-order valence-corrected chi connectivity index (χ3v) is 3.00. The van der Waals surface area contributed by atoms with Crippen molar-refractivity contribution in [1.82, 2.24) is 15.1 Å². The summed E-state index contributed by atoms with van der Waals surface area (Å²) in [5.41, 5.74) is 1.82. The lowest BCUT2D eigenvalue weighted by Crippen LogP contribution is -2.19. The number of H-pyrrole nitrogens is 1. The van der Waals surface area contributed by atoms with Crippen molar-refractivity contribution in [1.29, 1.82) is 0 Å². The van der Waals surface area contributed by atoms with Crippen LogP contribution in [-0.2, 0) is 13.6 Å². The Morgan fingerprint density at radius 1 is 1.50 bits per heavy atom.